The summed E-state index contributed by atoms with van der Waals surface area (Å²) in [6.07, 6.45) is -0.275. The van der Waals surface area contributed by atoms with Crippen molar-refractivity contribution < 1.29 is 14.7 Å². The van der Waals surface area contributed by atoms with Gasteiger partial charge in [0.15, 0.2) is 11.4 Å². The van der Waals surface area contributed by atoms with Crippen molar-refractivity contribution in [2.24, 2.45) is 0 Å². The Labute approximate surface area is 142 Å². The molecule has 118 valence electrons. The normalized spacial score (nSPS) is 19.8. The topological polar surface area (TPSA) is 57.6 Å². The first-order chi connectivity index (χ1) is 10.8. The molecule has 5 heteroatoms. The standard InChI is InChI=1S/C18H16BrNO3/c1-11-3-5-12(6-4-11)16(21)10-18(23)14-9-13(19)7-8-15(14)20(2)17(18)22/h3-9,23H,10H2,1-2H3/t18-/m0/s1. The highest BCUT2D eigenvalue weighted by Gasteiger charge is 2.49. The van der Waals surface area contributed by atoms with Gasteiger partial charge in [0.1, 0.15) is 0 Å². The van der Waals surface area contributed by atoms with E-state index in [4.69, 9.17) is 0 Å². The van der Waals surface area contributed by atoms with Crippen molar-refractivity contribution in [3.8, 4) is 0 Å². The number of anilines is 1. The third-order valence-electron chi connectivity index (χ3n) is 4.21. The molecular formula is C18H16BrNO3. The minimum atomic E-state index is -1.82. The molecule has 1 aliphatic rings. The molecule has 0 aromatic heterocycles. The number of fused-ring (bicyclic) bond motifs is 1. The maximum absolute atomic E-state index is 12.5. The number of carbonyl (C=O) groups excluding carboxylic acids is 2. The molecule has 1 N–H and O–H groups in total. The van der Waals surface area contributed by atoms with Crippen molar-refractivity contribution in [1.29, 1.82) is 0 Å². The molecule has 4 nitrogen and oxygen atoms in total. The highest BCUT2D eigenvalue weighted by molar-refractivity contribution is 9.10. The van der Waals surface area contributed by atoms with Crippen LogP contribution >= 0.6 is 15.9 Å². The number of halogens is 1. The number of rotatable bonds is 3. The predicted octanol–water partition coefficient (Wildman–Crippen LogP) is 3.19. The number of amides is 1. The van der Waals surface area contributed by atoms with E-state index >= 15 is 0 Å². The van der Waals surface area contributed by atoms with Gasteiger partial charge in [0.25, 0.3) is 5.91 Å². The highest BCUT2D eigenvalue weighted by atomic mass is 79.9. The molecule has 0 bridgehead atoms. The lowest BCUT2D eigenvalue weighted by molar-refractivity contribution is -0.135. The summed E-state index contributed by atoms with van der Waals surface area (Å²) < 4.78 is 0.751. The summed E-state index contributed by atoms with van der Waals surface area (Å²) in [5, 5.41) is 11.0. The summed E-state index contributed by atoms with van der Waals surface area (Å²) >= 11 is 3.35. The van der Waals surface area contributed by atoms with Crippen LogP contribution in [0.2, 0.25) is 0 Å². The van der Waals surface area contributed by atoms with Crippen LogP contribution in [-0.2, 0) is 10.4 Å². The molecule has 0 fully saturated rings. The Kier molecular flexibility index (Phi) is 3.86. The van der Waals surface area contributed by atoms with Gasteiger partial charge in [0.05, 0.1) is 12.1 Å². The van der Waals surface area contributed by atoms with Crippen molar-refractivity contribution in [3.05, 3.63) is 63.6 Å². The lowest BCUT2D eigenvalue weighted by atomic mass is 9.88. The van der Waals surface area contributed by atoms with Gasteiger partial charge < -0.3 is 10.0 Å². The number of benzene rings is 2. The monoisotopic (exact) mass is 373 g/mol. The molecule has 2 aromatic carbocycles. The minimum Gasteiger partial charge on any atom is -0.375 e. The van der Waals surface area contributed by atoms with E-state index in [1.54, 1.807) is 37.4 Å². The summed E-state index contributed by atoms with van der Waals surface area (Å²) in [7, 11) is 1.60. The number of nitrogens with zero attached hydrogens (tertiary/aromatic N) is 1. The van der Waals surface area contributed by atoms with E-state index in [2.05, 4.69) is 15.9 Å². The molecule has 2 aromatic rings. The number of Topliss-reactive ketones (excluding diaryl/α,β-unsaturated/α-hetero) is 1. The molecule has 1 amide bonds. The van der Waals surface area contributed by atoms with E-state index < -0.39 is 11.5 Å². The summed E-state index contributed by atoms with van der Waals surface area (Å²) in [5.74, 6) is -0.742. The van der Waals surface area contributed by atoms with E-state index in [-0.39, 0.29) is 12.2 Å². The van der Waals surface area contributed by atoms with Crippen LogP contribution in [0.3, 0.4) is 0 Å². The molecule has 0 saturated heterocycles. The number of aryl methyl sites for hydroxylation is 1. The molecule has 0 radical (unpaired) electrons. The molecule has 1 aliphatic heterocycles. The average molecular weight is 374 g/mol. The third kappa shape index (κ3) is 2.60. The Bertz CT molecular complexity index is 800. The smallest absolute Gasteiger partial charge is 0.263 e. The fraction of sp³-hybridized carbons (Fsp3) is 0.222. The van der Waals surface area contributed by atoms with Gasteiger partial charge in [-0.2, -0.15) is 0 Å². The van der Waals surface area contributed by atoms with Gasteiger partial charge in [-0.3, -0.25) is 9.59 Å². The summed E-state index contributed by atoms with van der Waals surface area (Å²) in [5.41, 5.74) is 0.793. The second kappa shape index (κ2) is 5.58. The zero-order valence-electron chi connectivity index (χ0n) is 12.8. The first-order valence-electron chi connectivity index (χ1n) is 7.23. The number of ketones is 1. The summed E-state index contributed by atoms with van der Waals surface area (Å²) in [4.78, 5) is 26.4. The van der Waals surface area contributed by atoms with Crippen LogP contribution in [0.1, 0.15) is 27.9 Å². The number of hydrogen-bond donors (Lipinski definition) is 1. The van der Waals surface area contributed by atoms with Crippen LogP contribution in [-0.4, -0.2) is 23.8 Å². The number of likely N-dealkylation sites (N-methyl/N-ethyl adjacent to an activating group) is 1. The minimum absolute atomic E-state index is 0.262. The van der Waals surface area contributed by atoms with Crippen LogP contribution in [0.4, 0.5) is 5.69 Å². The molecule has 0 saturated carbocycles. The predicted molar refractivity (Wildman–Crippen MR) is 91.6 cm³/mol. The average Bonchev–Trinajstić information content (AvgIpc) is 2.70. The molecule has 23 heavy (non-hydrogen) atoms. The Balaban J connectivity index is 1.98. The summed E-state index contributed by atoms with van der Waals surface area (Å²) in [6, 6.07) is 12.4. The molecule has 0 unspecified atom stereocenters. The van der Waals surface area contributed by atoms with Crippen LogP contribution in [0.15, 0.2) is 46.9 Å². The molecule has 3 rings (SSSR count). The van der Waals surface area contributed by atoms with Crippen molar-refractivity contribution in [1.82, 2.24) is 0 Å². The Hall–Kier alpha value is -1.98. The van der Waals surface area contributed by atoms with Crippen molar-refractivity contribution in [2.45, 2.75) is 18.9 Å². The maximum atomic E-state index is 12.5. The van der Waals surface area contributed by atoms with Crippen LogP contribution in [0.25, 0.3) is 0 Å². The molecule has 1 atom stereocenters. The maximum Gasteiger partial charge on any atom is 0.263 e. The van der Waals surface area contributed by atoms with E-state index in [1.807, 2.05) is 19.1 Å². The number of aliphatic hydroxyl groups is 1. The number of hydrogen-bond acceptors (Lipinski definition) is 3. The fourth-order valence-electron chi connectivity index (χ4n) is 2.88. The van der Waals surface area contributed by atoms with E-state index in [0.29, 0.717) is 16.8 Å². The van der Waals surface area contributed by atoms with E-state index in [1.165, 1.54) is 4.90 Å². The number of carbonyl (C=O) groups is 2. The first kappa shape index (κ1) is 15.9. The van der Waals surface area contributed by atoms with Crippen molar-refractivity contribution >= 4 is 33.3 Å². The quantitative estimate of drug-likeness (QED) is 0.840. The molecular weight excluding hydrogens is 358 g/mol. The largest absolute Gasteiger partial charge is 0.375 e. The third-order valence-corrected chi connectivity index (χ3v) is 4.71. The SMILES string of the molecule is Cc1ccc(C(=O)C[C@@]2(O)C(=O)N(C)c3ccc(Br)cc32)cc1. The van der Waals surface area contributed by atoms with Gasteiger partial charge in [-0.25, -0.2) is 0 Å². The second-order valence-electron chi connectivity index (χ2n) is 5.85. The Morgan fingerprint density at radius 2 is 1.87 bits per heavy atom. The Morgan fingerprint density at radius 1 is 1.22 bits per heavy atom. The molecule has 0 aliphatic carbocycles. The Morgan fingerprint density at radius 3 is 2.52 bits per heavy atom. The zero-order valence-corrected chi connectivity index (χ0v) is 14.4. The summed E-state index contributed by atoms with van der Waals surface area (Å²) in [6.45, 7) is 1.94. The van der Waals surface area contributed by atoms with Crippen LogP contribution < -0.4 is 4.90 Å². The molecule has 1 heterocycles. The lowest BCUT2D eigenvalue weighted by Gasteiger charge is -2.21. The van der Waals surface area contributed by atoms with Gasteiger partial charge in [-0.05, 0) is 25.1 Å². The van der Waals surface area contributed by atoms with E-state index in [0.717, 1.165) is 10.0 Å². The van der Waals surface area contributed by atoms with Gasteiger partial charge in [-0.15, -0.1) is 0 Å². The van der Waals surface area contributed by atoms with Crippen molar-refractivity contribution in [3.63, 3.8) is 0 Å². The van der Waals surface area contributed by atoms with Gasteiger partial charge >= 0.3 is 0 Å². The van der Waals surface area contributed by atoms with Gasteiger partial charge in [-0.1, -0.05) is 45.8 Å². The molecule has 0 spiro atoms. The van der Waals surface area contributed by atoms with Crippen LogP contribution in [0, 0.1) is 6.92 Å². The van der Waals surface area contributed by atoms with Gasteiger partial charge in [0.2, 0.25) is 0 Å². The first-order valence-corrected chi connectivity index (χ1v) is 8.02. The highest BCUT2D eigenvalue weighted by Crippen LogP contribution is 2.43. The van der Waals surface area contributed by atoms with E-state index in [9.17, 15) is 14.7 Å². The van der Waals surface area contributed by atoms with Gasteiger partial charge in [0, 0.05) is 22.6 Å². The lowest BCUT2D eigenvalue weighted by Crippen LogP contribution is -2.40. The second-order valence-corrected chi connectivity index (χ2v) is 6.77. The van der Waals surface area contributed by atoms with Crippen molar-refractivity contribution in [2.75, 3.05) is 11.9 Å². The zero-order chi connectivity index (χ0) is 16.8. The fourth-order valence-corrected chi connectivity index (χ4v) is 3.24. The van der Waals surface area contributed by atoms with Crippen LogP contribution in [0.5, 0.6) is 0 Å².